The third kappa shape index (κ3) is 5.33. The van der Waals surface area contributed by atoms with Crippen LogP contribution in [0.2, 0.25) is 0 Å². The van der Waals surface area contributed by atoms with Crippen molar-refractivity contribution in [2.24, 2.45) is 0 Å². The summed E-state index contributed by atoms with van der Waals surface area (Å²) in [7, 11) is 4.05. The van der Waals surface area contributed by atoms with E-state index in [2.05, 4.69) is 36.9 Å². The van der Waals surface area contributed by atoms with Crippen molar-refractivity contribution in [3.63, 3.8) is 0 Å². The van der Waals surface area contributed by atoms with E-state index in [9.17, 15) is 4.79 Å². The van der Waals surface area contributed by atoms with Gasteiger partial charge in [-0.3, -0.25) is 9.69 Å². The molecule has 0 N–H and O–H groups in total. The Kier molecular flexibility index (Phi) is 7.74. The minimum absolute atomic E-state index is 0. The number of hydrogen-bond donors (Lipinski definition) is 0. The molecule has 1 amide bonds. The second kappa shape index (κ2) is 9.84. The molecule has 3 rings (SSSR count). The molecule has 0 saturated heterocycles. The van der Waals surface area contributed by atoms with Gasteiger partial charge in [-0.2, -0.15) is 5.26 Å². The Bertz CT molecular complexity index is 1040. The van der Waals surface area contributed by atoms with Crippen molar-refractivity contribution >= 4 is 45.0 Å². The molecule has 2 aromatic carbocycles. The van der Waals surface area contributed by atoms with Crippen molar-refractivity contribution < 1.29 is 4.79 Å². The summed E-state index contributed by atoms with van der Waals surface area (Å²) in [5.74, 6) is -0.0864. The standard InChI is InChI=1S/C22H24N4OS.ClH/c1-15-12-16(2)20-19(13-15)28-22(24-20)26(11-5-10-25(3)4)21(27)18-8-6-17(14-23)7-9-18;/h6-9,12-13H,5,10-11H2,1-4H3;1H. The van der Waals surface area contributed by atoms with Gasteiger partial charge in [0, 0.05) is 12.1 Å². The van der Waals surface area contributed by atoms with Gasteiger partial charge in [-0.25, -0.2) is 4.98 Å². The van der Waals surface area contributed by atoms with Crippen LogP contribution in [0, 0.1) is 25.2 Å². The molecule has 0 aliphatic rings. The molecule has 0 radical (unpaired) electrons. The van der Waals surface area contributed by atoms with Crippen molar-refractivity contribution in [1.82, 2.24) is 9.88 Å². The zero-order valence-corrected chi connectivity index (χ0v) is 18.7. The number of benzene rings is 2. The molecule has 0 aliphatic heterocycles. The lowest BCUT2D eigenvalue weighted by Gasteiger charge is -2.21. The number of aromatic nitrogens is 1. The van der Waals surface area contributed by atoms with E-state index < -0.39 is 0 Å². The van der Waals surface area contributed by atoms with E-state index in [1.165, 1.54) is 5.56 Å². The van der Waals surface area contributed by atoms with Gasteiger partial charge in [0.05, 0.1) is 21.8 Å². The van der Waals surface area contributed by atoms with Gasteiger partial charge in [-0.05, 0) is 82.4 Å². The number of nitriles is 1. The molecule has 0 aliphatic carbocycles. The third-order valence-electron chi connectivity index (χ3n) is 4.54. The maximum atomic E-state index is 13.2. The summed E-state index contributed by atoms with van der Waals surface area (Å²) in [5, 5.41) is 9.71. The molecule has 7 heteroatoms. The Labute approximate surface area is 182 Å². The van der Waals surface area contributed by atoms with Crippen LogP contribution in [0.25, 0.3) is 10.2 Å². The summed E-state index contributed by atoms with van der Waals surface area (Å²) in [5.41, 5.74) is 4.38. The molecule has 0 fully saturated rings. The topological polar surface area (TPSA) is 60.2 Å². The predicted molar refractivity (Wildman–Crippen MR) is 122 cm³/mol. The van der Waals surface area contributed by atoms with Crippen molar-refractivity contribution in [3.05, 3.63) is 58.7 Å². The molecular formula is C22H25ClN4OS. The molecule has 5 nitrogen and oxygen atoms in total. The van der Waals surface area contributed by atoms with Crippen LogP contribution in [-0.2, 0) is 0 Å². The van der Waals surface area contributed by atoms with E-state index in [0.29, 0.717) is 17.7 Å². The average Bonchev–Trinajstić information content (AvgIpc) is 3.08. The number of aryl methyl sites for hydroxylation is 2. The Balaban J connectivity index is 0.00000300. The Morgan fingerprint density at radius 2 is 1.83 bits per heavy atom. The van der Waals surface area contributed by atoms with Crippen LogP contribution in [0.5, 0.6) is 0 Å². The maximum Gasteiger partial charge on any atom is 0.260 e. The maximum absolute atomic E-state index is 13.2. The van der Waals surface area contributed by atoms with E-state index in [1.54, 1.807) is 40.5 Å². The van der Waals surface area contributed by atoms with Crippen LogP contribution in [0.3, 0.4) is 0 Å². The van der Waals surface area contributed by atoms with Crippen molar-refractivity contribution in [1.29, 1.82) is 5.26 Å². The second-order valence-electron chi connectivity index (χ2n) is 7.23. The summed E-state index contributed by atoms with van der Waals surface area (Å²) in [6.45, 7) is 5.61. The summed E-state index contributed by atoms with van der Waals surface area (Å²) in [6.07, 6.45) is 0.850. The Morgan fingerprint density at radius 3 is 2.45 bits per heavy atom. The van der Waals surface area contributed by atoms with Gasteiger partial charge in [0.25, 0.3) is 5.91 Å². The zero-order chi connectivity index (χ0) is 20.3. The average molecular weight is 429 g/mol. The number of carbonyl (C=O) groups is 1. The number of halogens is 1. The monoisotopic (exact) mass is 428 g/mol. The Hall–Kier alpha value is -2.46. The third-order valence-corrected chi connectivity index (χ3v) is 5.57. The smallest absolute Gasteiger partial charge is 0.260 e. The predicted octanol–water partition coefficient (Wildman–Crippen LogP) is 4.81. The number of hydrogen-bond acceptors (Lipinski definition) is 5. The van der Waals surface area contributed by atoms with Crippen LogP contribution in [-0.4, -0.2) is 43.0 Å². The van der Waals surface area contributed by atoms with E-state index in [4.69, 9.17) is 10.2 Å². The number of fused-ring (bicyclic) bond motifs is 1. The van der Waals surface area contributed by atoms with Gasteiger partial charge in [0.15, 0.2) is 5.13 Å². The van der Waals surface area contributed by atoms with Crippen LogP contribution >= 0.6 is 23.7 Å². The molecular weight excluding hydrogens is 404 g/mol. The summed E-state index contributed by atoms with van der Waals surface area (Å²) in [6, 6.07) is 13.1. The van der Waals surface area contributed by atoms with E-state index >= 15 is 0 Å². The second-order valence-corrected chi connectivity index (χ2v) is 8.24. The lowest BCUT2D eigenvalue weighted by Crippen LogP contribution is -2.33. The largest absolute Gasteiger partial charge is 0.309 e. The quantitative estimate of drug-likeness (QED) is 0.565. The number of anilines is 1. The highest BCUT2D eigenvalue weighted by Crippen LogP contribution is 2.32. The van der Waals surface area contributed by atoms with Gasteiger partial charge < -0.3 is 4.90 Å². The first-order chi connectivity index (χ1) is 13.4. The number of rotatable bonds is 6. The zero-order valence-electron chi connectivity index (χ0n) is 17.1. The highest BCUT2D eigenvalue weighted by molar-refractivity contribution is 7.22. The van der Waals surface area contributed by atoms with E-state index in [0.717, 1.165) is 33.9 Å². The molecule has 152 valence electrons. The normalized spacial score (nSPS) is 10.6. The van der Waals surface area contributed by atoms with E-state index in [-0.39, 0.29) is 18.3 Å². The van der Waals surface area contributed by atoms with Gasteiger partial charge in [-0.1, -0.05) is 17.4 Å². The lowest BCUT2D eigenvalue weighted by molar-refractivity contribution is 0.0986. The lowest BCUT2D eigenvalue weighted by atomic mass is 10.1. The minimum atomic E-state index is -0.0864. The fourth-order valence-electron chi connectivity index (χ4n) is 3.15. The first-order valence-corrected chi connectivity index (χ1v) is 10.0. The molecule has 1 aromatic heterocycles. The molecule has 0 unspecified atom stereocenters. The Morgan fingerprint density at radius 1 is 1.14 bits per heavy atom. The van der Waals surface area contributed by atoms with Crippen LogP contribution < -0.4 is 4.90 Å². The summed E-state index contributed by atoms with van der Waals surface area (Å²) < 4.78 is 1.10. The van der Waals surface area contributed by atoms with E-state index in [1.807, 2.05) is 14.1 Å². The van der Waals surface area contributed by atoms with Gasteiger partial charge in [0.2, 0.25) is 0 Å². The van der Waals surface area contributed by atoms with Crippen molar-refractivity contribution in [2.45, 2.75) is 20.3 Å². The SMILES string of the molecule is Cc1cc(C)c2nc(N(CCCN(C)C)C(=O)c3ccc(C#N)cc3)sc2c1.Cl. The number of carbonyl (C=O) groups excluding carboxylic acids is 1. The number of thiazole rings is 1. The van der Waals surface area contributed by atoms with Gasteiger partial charge >= 0.3 is 0 Å². The summed E-state index contributed by atoms with van der Waals surface area (Å²) >= 11 is 1.55. The fraction of sp³-hybridized carbons (Fsp3) is 0.318. The van der Waals surface area contributed by atoms with Crippen LogP contribution in [0.4, 0.5) is 5.13 Å². The van der Waals surface area contributed by atoms with Crippen LogP contribution in [0.1, 0.15) is 33.5 Å². The van der Waals surface area contributed by atoms with Gasteiger partial charge in [-0.15, -0.1) is 12.4 Å². The highest BCUT2D eigenvalue weighted by atomic mass is 35.5. The molecule has 0 bridgehead atoms. The first-order valence-electron chi connectivity index (χ1n) is 9.23. The molecule has 0 atom stereocenters. The van der Waals surface area contributed by atoms with Crippen LogP contribution in [0.15, 0.2) is 36.4 Å². The number of nitrogens with zero attached hydrogens (tertiary/aromatic N) is 4. The first kappa shape index (κ1) is 22.8. The highest BCUT2D eigenvalue weighted by Gasteiger charge is 2.21. The molecule has 1 heterocycles. The minimum Gasteiger partial charge on any atom is -0.309 e. The molecule has 0 spiro atoms. The summed E-state index contributed by atoms with van der Waals surface area (Å²) in [4.78, 5) is 21.9. The number of amides is 1. The molecule has 0 saturated carbocycles. The molecule has 3 aromatic rings. The fourth-order valence-corrected chi connectivity index (χ4v) is 4.31. The molecule has 29 heavy (non-hydrogen) atoms. The van der Waals surface area contributed by atoms with Crippen molar-refractivity contribution in [2.75, 3.05) is 32.1 Å². The van der Waals surface area contributed by atoms with Gasteiger partial charge in [0.1, 0.15) is 0 Å². The van der Waals surface area contributed by atoms with Crippen molar-refractivity contribution in [3.8, 4) is 6.07 Å².